The van der Waals surface area contributed by atoms with Crippen LogP contribution in [0.25, 0.3) is 0 Å². The number of hydrogen-bond donors (Lipinski definition) is 1. The third kappa shape index (κ3) is 5.14. The number of carboxylic acids is 1. The summed E-state index contributed by atoms with van der Waals surface area (Å²) in [6, 6.07) is 20.8. The molecule has 2 heterocycles. The molecular weight excluding hydrogens is 384 g/mol. The first-order valence-electron chi connectivity index (χ1n) is 9.56. The van der Waals surface area contributed by atoms with Gasteiger partial charge in [0.25, 0.3) is 0 Å². The predicted molar refractivity (Wildman–Crippen MR) is 110 cm³/mol. The van der Waals surface area contributed by atoms with Crippen LogP contribution in [0.5, 0.6) is 17.2 Å². The van der Waals surface area contributed by atoms with Crippen LogP contribution < -0.4 is 9.47 Å². The summed E-state index contributed by atoms with van der Waals surface area (Å²) in [4.78, 5) is 20.4. The van der Waals surface area contributed by atoms with Crippen molar-refractivity contribution in [2.45, 2.75) is 25.4 Å². The van der Waals surface area contributed by atoms with Gasteiger partial charge in [0.05, 0.1) is 19.0 Å². The first kappa shape index (κ1) is 19.4. The molecule has 0 amide bonds. The van der Waals surface area contributed by atoms with Crippen LogP contribution in [0.3, 0.4) is 0 Å². The van der Waals surface area contributed by atoms with Gasteiger partial charge in [-0.15, -0.1) is 0 Å². The Kier molecular flexibility index (Phi) is 5.89. The Balaban J connectivity index is 1.30. The quantitative estimate of drug-likeness (QED) is 0.611. The fourth-order valence-corrected chi connectivity index (χ4v) is 2.96. The van der Waals surface area contributed by atoms with Crippen molar-refractivity contribution in [3.05, 3.63) is 84.2 Å². The van der Waals surface area contributed by atoms with Gasteiger partial charge >= 0.3 is 5.97 Å². The lowest BCUT2D eigenvalue weighted by atomic mass is 10.1. The van der Waals surface area contributed by atoms with Crippen LogP contribution in [0.4, 0.5) is 0 Å². The third-order valence-corrected chi connectivity index (χ3v) is 4.50. The lowest BCUT2D eigenvalue weighted by Crippen LogP contribution is -2.08. The smallest absolute Gasteiger partial charge is 0.303 e. The van der Waals surface area contributed by atoms with E-state index < -0.39 is 5.97 Å². The van der Waals surface area contributed by atoms with Crippen LogP contribution in [0.15, 0.2) is 78.1 Å². The first-order valence-corrected chi connectivity index (χ1v) is 9.56. The van der Waals surface area contributed by atoms with E-state index in [0.29, 0.717) is 30.2 Å². The molecule has 1 N–H and O–H groups in total. The van der Waals surface area contributed by atoms with Gasteiger partial charge < -0.3 is 19.4 Å². The van der Waals surface area contributed by atoms with E-state index >= 15 is 0 Å². The largest absolute Gasteiger partial charge is 0.481 e. The van der Waals surface area contributed by atoms with Crippen molar-refractivity contribution in [3.63, 3.8) is 0 Å². The highest BCUT2D eigenvalue weighted by molar-refractivity contribution is 5.79. The van der Waals surface area contributed by atoms with E-state index in [1.54, 1.807) is 18.3 Å². The molecule has 152 valence electrons. The van der Waals surface area contributed by atoms with Crippen LogP contribution in [0, 0.1) is 0 Å². The second-order valence-corrected chi connectivity index (χ2v) is 6.75. The van der Waals surface area contributed by atoms with Crippen molar-refractivity contribution in [2.75, 3.05) is 0 Å². The van der Waals surface area contributed by atoms with Crippen LogP contribution in [0.2, 0.25) is 0 Å². The van der Waals surface area contributed by atoms with E-state index in [4.69, 9.17) is 19.4 Å². The van der Waals surface area contributed by atoms with Crippen LogP contribution >= 0.6 is 0 Å². The molecule has 0 aliphatic carbocycles. The number of hydrogen-bond acceptors (Lipinski definition) is 6. The molecule has 0 fully saturated rings. The maximum absolute atomic E-state index is 10.6. The van der Waals surface area contributed by atoms with Crippen LogP contribution in [-0.4, -0.2) is 22.0 Å². The summed E-state index contributed by atoms with van der Waals surface area (Å²) in [7, 11) is 0. The van der Waals surface area contributed by atoms with Crippen molar-refractivity contribution >= 4 is 11.9 Å². The molecule has 1 aromatic heterocycles. The summed E-state index contributed by atoms with van der Waals surface area (Å²) in [5.74, 6) is 1.67. The predicted octanol–water partition coefficient (Wildman–Crippen LogP) is 4.75. The molecule has 1 aliphatic rings. The van der Waals surface area contributed by atoms with Crippen molar-refractivity contribution in [3.8, 4) is 17.2 Å². The molecule has 7 nitrogen and oxygen atoms in total. The van der Waals surface area contributed by atoms with Gasteiger partial charge in [-0.25, -0.2) is 0 Å². The lowest BCUT2D eigenvalue weighted by molar-refractivity contribution is -0.136. The Labute approximate surface area is 173 Å². The molecule has 3 aromatic rings. The molecule has 0 saturated heterocycles. The first-order chi connectivity index (χ1) is 14.7. The van der Waals surface area contributed by atoms with Gasteiger partial charge in [0, 0.05) is 12.1 Å². The highest BCUT2D eigenvalue weighted by Crippen LogP contribution is 2.30. The fourth-order valence-electron chi connectivity index (χ4n) is 2.96. The number of aliphatic carboxylic acids is 1. The van der Waals surface area contributed by atoms with Crippen molar-refractivity contribution in [2.24, 2.45) is 5.16 Å². The molecule has 4 rings (SSSR count). The minimum absolute atomic E-state index is 0.0462. The number of aromatic nitrogens is 1. The molecule has 0 spiro atoms. The number of carboxylic acid groups (broad SMARTS) is 1. The highest BCUT2D eigenvalue weighted by atomic mass is 16.7. The molecule has 0 bridgehead atoms. The number of ether oxygens (including phenoxy) is 2. The summed E-state index contributed by atoms with van der Waals surface area (Å²) in [5, 5.41) is 12.7. The summed E-state index contributed by atoms with van der Waals surface area (Å²) >= 11 is 0. The monoisotopic (exact) mass is 404 g/mol. The van der Waals surface area contributed by atoms with Gasteiger partial charge in [-0.1, -0.05) is 35.5 Å². The van der Waals surface area contributed by atoms with E-state index in [-0.39, 0.29) is 12.5 Å². The minimum Gasteiger partial charge on any atom is -0.481 e. The number of para-hydroxylation sites is 1. The van der Waals surface area contributed by atoms with Crippen molar-refractivity contribution in [1.82, 2.24) is 4.98 Å². The lowest BCUT2D eigenvalue weighted by Gasteiger charge is -2.10. The van der Waals surface area contributed by atoms with Gasteiger partial charge in [-0.3, -0.25) is 9.78 Å². The van der Waals surface area contributed by atoms with Crippen molar-refractivity contribution < 1.29 is 24.2 Å². The molecule has 1 aliphatic heterocycles. The number of oxime groups is 1. The van der Waals surface area contributed by atoms with E-state index in [1.807, 2.05) is 54.6 Å². The average molecular weight is 404 g/mol. The standard InChI is InChI=1S/C23H20N2O5/c26-23(27)13-9-17-8-12-20(15-24-17)29-22-14-21(30-25-22)16-6-10-19(11-7-16)28-18-4-2-1-3-5-18/h1-8,10-12,15,21H,9,13-14H2,(H,26,27)/t21-/m1/s1. The maximum atomic E-state index is 10.6. The van der Waals surface area contributed by atoms with Gasteiger partial charge in [-0.2, -0.15) is 0 Å². The van der Waals surface area contributed by atoms with Crippen LogP contribution in [0.1, 0.15) is 30.2 Å². The molecule has 2 aromatic carbocycles. The molecule has 0 radical (unpaired) electrons. The normalized spacial score (nSPS) is 15.2. The summed E-state index contributed by atoms with van der Waals surface area (Å²) in [6.45, 7) is 0. The third-order valence-electron chi connectivity index (χ3n) is 4.50. The second kappa shape index (κ2) is 9.09. The molecule has 0 unspecified atom stereocenters. The molecule has 7 heteroatoms. The van der Waals surface area contributed by atoms with E-state index in [2.05, 4.69) is 10.1 Å². The average Bonchev–Trinajstić information content (AvgIpc) is 3.23. The van der Waals surface area contributed by atoms with Gasteiger partial charge in [0.15, 0.2) is 6.10 Å². The number of aryl methyl sites for hydroxylation is 1. The summed E-state index contributed by atoms with van der Waals surface area (Å²) < 4.78 is 11.5. The summed E-state index contributed by atoms with van der Waals surface area (Å²) in [6.07, 6.45) is 2.26. The Morgan fingerprint density at radius 3 is 2.40 bits per heavy atom. The molecule has 30 heavy (non-hydrogen) atoms. The zero-order valence-corrected chi connectivity index (χ0v) is 16.1. The highest BCUT2D eigenvalue weighted by Gasteiger charge is 2.24. The maximum Gasteiger partial charge on any atom is 0.303 e. The minimum atomic E-state index is -0.847. The zero-order valence-electron chi connectivity index (χ0n) is 16.1. The molecule has 1 atom stereocenters. The second-order valence-electron chi connectivity index (χ2n) is 6.75. The molecular formula is C23H20N2O5. The Morgan fingerprint density at radius 1 is 0.967 bits per heavy atom. The van der Waals surface area contributed by atoms with Gasteiger partial charge in [-0.05, 0) is 42.0 Å². The topological polar surface area (TPSA) is 90.2 Å². The summed E-state index contributed by atoms with van der Waals surface area (Å²) in [5.41, 5.74) is 1.67. The Morgan fingerprint density at radius 2 is 1.70 bits per heavy atom. The van der Waals surface area contributed by atoms with E-state index in [9.17, 15) is 4.79 Å². The Hall–Kier alpha value is -3.87. The van der Waals surface area contributed by atoms with Gasteiger partial charge in [0.1, 0.15) is 17.2 Å². The molecule has 0 saturated carbocycles. The van der Waals surface area contributed by atoms with Crippen LogP contribution in [-0.2, 0) is 16.1 Å². The zero-order chi connectivity index (χ0) is 20.8. The fraction of sp³-hybridized carbons (Fsp3) is 0.174. The SMILES string of the molecule is O=C(O)CCc1ccc(OC2=NO[C@@H](c3ccc(Oc4ccccc4)cc3)C2)cn1. The van der Waals surface area contributed by atoms with E-state index in [0.717, 1.165) is 17.1 Å². The van der Waals surface area contributed by atoms with E-state index in [1.165, 1.54) is 0 Å². The number of carbonyl (C=O) groups is 1. The Bertz CT molecular complexity index is 1020. The van der Waals surface area contributed by atoms with Crippen molar-refractivity contribution in [1.29, 1.82) is 0 Å². The number of benzene rings is 2. The number of rotatable bonds is 7. The number of pyridine rings is 1. The van der Waals surface area contributed by atoms with Gasteiger partial charge in [0.2, 0.25) is 5.90 Å². The number of nitrogens with zero attached hydrogens (tertiary/aromatic N) is 2.